The fourth-order valence-electron chi connectivity index (χ4n) is 1.43. The van der Waals surface area contributed by atoms with E-state index in [9.17, 15) is 4.79 Å². The molecule has 0 radical (unpaired) electrons. The molecular weight excluding hydrogens is 246 g/mol. The Balaban J connectivity index is 2.77. The van der Waals surface area contributed by atoms with Gasteiger partial charge in [0.25, 0.3) is 6.47 Å². The molecule has 0 aliphatic carbocycles. The summed E-state index contributed by atoms with van der Waals surface area (Å²) in [7, 11) is 0. The number of carbonyl (C=O) groups excluding carboxylic acids is 1. The van der Waals surface area contributed by atoms with Gasteiger partial charge in [-0.2, -0.15) is 0 Å². The zero-order valence-electron chi connectivity index (χ0n) is 8.56. The van der Waals surface area contributed by atoms with Gasteiger partial charge in [0.1, 0.15) is 0 Å². The molecule has 4 heteroatoms. The SMILES string of the molecule is Cc1cc(C)c(CC(C)(Br)OC=O)[nH]1. The molecule has 0 spiro atoms. The third-order valence-electron chi connectivity index (χ3n) is 2.04. The second-order valence-electron chi connectivity index (χ2n) is 3.61. The van der Waals surface area contributed by atoms with Crippen LogP contribution in [0, 0.1) is 13.8 Å². The predicted octanol–water partition coefficient (Wildman–Crippen LogP) is 2.46. The lowest BCUT2D eigenvalue weighted by Gasteiger charge is -2.19. The van der Waals surface area contributed by atoms with Gasteiger partial charge >= 0.3 is 0 Å². The fraction of sp³-hybridized carbons (Fsp3) is 0.500. The molecule has 3 nitrogen and oxygen atoms in total. The minimum atomic E-state index is -0.628. The number of H-pyrrole nitrogens is 1. The average Bonchev–Trinajstić information content (AvgIpc) is 2.28. The van der Waals surface area contributed by atoms with E-state index in [1.165, 1.54) is 5.56 Å². The lowest BCUT2D eigenvalue weighted by molar-refractivity contribution is -0.134. The summed E-state index contributed by atoms with van der Waals surface area (Å²) in [5, 5.41) is 0. The van der Waals surface area contributed by atoms with Gasteiger partial charge < -0.3 is 9.72 Å². The lowest BCUT2D eigenvalue weighted by Crippen LogP contribution is -2.23. The summed E-state index contributed by atoms with van der Waals surface area (Å²) in [6.45, 7) is 6.31. The molecule has 0 aromatic carbocycles. The Bertz CT molecular complexity index is 331. The van der Waals surface area contributed by atoms with E-state index in [4.69, 9.17) is 4.74 Å². The molecule has 1 heterocycles. The van der Waals surface area contributed by atoms with Crippen LogP contribution in [-0.2, 0) is 16.0 Å². The first-order valence-electron chi connectivity index (χ1n) is 4.40. The minimum absolute atomic E-state index is 0.458. The smallest absolute Gasteiger partial charge is 0.294 e. The molecule has 1 N–H and O–H groups in total. The van der Waals surface area contributed by atoms with Gasteiger partial charge in [-0.25, -0.2) is 0 Å². The lowest BCUT2D eigenvalue weighted by atomic mass is 10.1. The normalized spacial score (nSPS) is 14.9. The van der Waals surface area contributed by atoms with Gasteiger partial charge in [-0.15, -0.1) is 0 Å². The highest BCUT2D eigenvalue weighted by atomic mass is 79.9. The van der Waals surface area contributed by atoms with E-state index < -0.39 is 4.51 Å². The van der Waals surface area contributed by atoms with Crippen LogP contribution >= 0.6 is 15.9 Å². The van der Waals surface area contributed by atoms with Crippen LogP contribution in [0.5, 0.6) is 0 Å². The van der Waals surface area contributed by atoms with E-state index in [0.717, 1.165) is 11.4 Å². The van der Waals surface area contributed by atoms with Crippen molar-refractivity contribution in [1.82, 2.24) is 4.98 Å². The summed E-state index contributed by atoms with van der Waals surface area (Å²) >= 11 is 3.35. The molecule has 1 atom stereocenters. The Morgan fingerprint density at radius 1 is 1.64 bits per heavy atom. The summed E-state index contributed by atoms with van der Waals surface area (Å²) in [6.07, 6.45) is 0.630. The highest BCUT2D eigenvalue weighted by Gasteiger charge is 2.23. The van der Waals surface area contributed by atoms with E-state index in [1.807, 2.05) is 20.8 Å². The predicted molar refractivity (Wildman–Crippen MR) is 58.5 cm³/mol. The molecule has 1 unspecified atom stereocenters. The zero-order valence-corrected chi connectivity index (χ0v) is 10.1. The van der Waals surface area contributed by atoms with Crippen LogP contribution in [0.1, 0.15) is 23.9 Å². The Labute approximate surface area is 92.0 Å². The van der Waals surface area contributed by atoms with Crippen molar-refractivity contribution in [2.75, 3.05) is 0 Å². The minimum Gasteiger partial charge on any atom is -0.449 e. The maximum atomic E-state index is 10.2. The first-order chi connectivity index (χ1) is 6.44. The van der Waals surface area contributed by atoms with Crippen LogP contribution < -0.4 is 0 Å². The number of aryl methyl sites for hydroxylation is 2. The number of aromatic amines is 1. The Morgan fingerprint density at radius 3 is 2.71 bits per heavy atom. The van der Waals surface area contributed by atoms with Crippen molar-refractivity contribution in [3.63, 3.8) is 0 Å². The molecule has 14 heavy (non-hydrogen) atoms. The quantitative estimate of drug-likeness (QED) is 0.667. The van der Waals surface area contributed by atoms with Crippen molar-refractivity contribution in [2.45, 2.75) is 31.7 Å². The van der Waals surface area contributed by atoms with Gasteiger partial charge in [-0.05, 0) is 48.3 Å². The molecule has 0 aliphatic rings. The number of alkyl halides is 1. The van der Waals surface area contributed by atoms with Gasteiger partial charge in [-0.3, -0.25) is 4.79 Å². The summed E-state index contributed by atoms with van der Waals surface area (Å²) in [4.78, 5) is 13.5. The number of ether oxygens (including phenoxy) is 1. The Kier molecular flexibility index (Phi) is 3.37. The van der Waals surface area contributed by atoms with Gasteiger partial charge in [0, 0.05) is 17.8 Å². The van der Waals surface area contributed by atoms with Crippen LogP contribution in [0.2, 0.25) is 0 Å². The summed E-state index contributed by atoms with van der Waals surface area (Å²) in [5.41, 5.74) is 3.39. The summed E-state index contributed by atoms with van der Waals surface area (Å²) in [6, 6.07) is 2.07. The highest BCUT2D eigenvalue weighted by molar-refractivity contribution is 9.10. The molecule has 0 saturated carbocycles. The molecule has 0 bridgehead atoms. The van der Waals surface area contributed by atoms with Crippen LogP contribution in [0.4, 0.5) is 0 Å². The summed E-state index contributed by atoms with van der Waals surface area (Å²) < 4.78 is 4.29. The van der Waals surface area contributed by atoms with Crippen LogP contribution in [-0.4, -0.2) is 16.0 Å². The van der Waals surface area contributed by atoms with E-state index in [0.29, 0.717) is 12.9 Å². The molecule has 1 aromatic rings. The Morgan fingerprint density at radius 2 is 2.29 bits per heavy atom. The summed E-state index contributed by atoms with van der Waals surface area (Å²) in [5.74, 6) is 0. The molecule has 1 rings (SSSR count). The first kappa shape index (κ1) is 11.3. The second kappa shape index (κ2) is 4.17. The standard InChI is InChI=1S/C10H14BrNO2/c1-7-4-8(2)12-9(7)5-10(3,11)14-6-13/h4,6,12H,5H2,1-3H3. The molecule has 78 valence electrons. The topological polar surface area (TPSA) is 42.1 Å². The number of nitrogens with one attached hydrogen (secondary N) is 1. The van der Waals surface area contributed by atoms with E-state index in [-0.39, 0.29) is 0 Å². The van der Waals surface area contributed by atoms with Crippen LogP contribution in [0.3, 0.4) is 0 Å². The van der Waals surface area contributed by atoms with Crippen molar-refractivity contribution in [3.05, 3.63) is 23.0 Å². The number of hydrogen-bond acceptors (Lipinski definition) is 2. The van der Waals surface area contributed by atoms with Gasteiger partial charge in [0.05, 0.1) is 0 Å². The largest absolute Gasteiger partial charge is 0.449 e. The van der Waals surface area contributed by atoms with E-state index >= 15 is 0 Å². The van der Waals surface area contributed by atoms with Crippen LogP contribution in [0.25, 0.3) is 0 Å². The van der Waals surface area contributed by atoms with Gasteiger partial charge in [0.15, 0.2) is 4.51 Å². The molecule has 0 saturated heterocycles. The van der Waals surface area contributed by atoms with Crippen LogP contribution in [0.15, 0.2) is 6.07 Å². The Hall–Kier alpha value is -0.770. The molecular formula is C10H14BrNO2. The second-order valence-corrected chi connectivity index (χ2v) is 5.28. The number of aromatic nitrogens is 1. The maximum absolute atomic E-state index is 10.2. The number of rotatable bonds is 4. The maximum Gasteiger partial charge on any atom is 0.294 e. The third kappa shape index (κ3) is 2.87. The van der Waals surface area contributed by atoms with Crippen molar-refractivity contribution in [1.29, 1.82) is 0 Å². The number of halogens is 1. The third-order valence-corrected chi connectivity index (χ3v) is 2.51. The zero-order chi connectivity index (χ0) is 10.8. The first-order valence-corrected chi connectivity index (χ1v) is 5.19. The van der Waals surface area contributed by atoms with Gasteiger partial charge in [0.2, 0.25) is 0 Å². The van der Waals surface area contributed by atoms with E-state index in [1.54, 1.807) is 0 Å². The highest BCUT2D eigenvalue weighted by Crippen LogP contribution is 2.25. The molecule has 0 fully saturated rings. The monoisotopic (exact) mass is 259 g/mol. The molecule has 0 aliphatic heterocycles. The fourth-order valence-corrected chi connectivity index (χ4v) is 1.78. The molecule has 0 amide bonds. The van der Waals surface area contributed by atoms with Crippen molar-refractivity contribution in [3.8, 4) is 0 Å². The van der Waals surface area contributed by atoms with Crippen molar-refractivity contribution < 1.29 is 9.53 Å². The molecule has 1 aromatic heterocycles. The average molecular weight is 260 g/mol. The number of hydrogen-bond donors (Lipinski definition) is 1. The van der Waals surface area contributed by atoms with Crippen molar-refractivity contribution >= 4 is 22.4 Å². The number of carbonyl (C=O) groups is 1. The van der Waals surface area contributed by atoms with Gasteiger partial charge in [-0.1, -0.05) is 0 Å². The van der Waals surface area contributed by atoms with E-state index in [2.05, 4.69) is 27.0 Å². The van der Waals surface area contributed by atoms with Crippen molar-refractivity contribution in [2.24, 2.45) is 0 Å².